The predicted molar refractivity (Wildman–Crippen MR) is 58.7 cm³/mol. The van der Waals surface area contributed by atoms with E-state index in [4.69, 9.17) is 0 Å². The molecule has 1 atom stereocenters. The molecule has 1 aromatic rings. The molecule has 1 nitrogen and oxygen atoms in total. The minimum atomic E-state index is 0.520. The second-order valence-electron chi connectivity index (χ2n) is 3.60. The Bertz CT molecular complexity index is 370. The molecule has 0 fully saturated rings. The third kappa shape index (κ3) is 1.81. The fourth-order valence-corrected chi connectivity index (χ4v) is 1.98. The summed E-state index contributed by atoms with van der Waals surface area (Å²) in [5.41, 5.74) is 2.91. The van der Waals surface area contributed by atoms with Crippen LogP contribution in [0.4, 0.5) is 0 Å². The van der Waals surface area contributed by atoms with Crippen molar-refractivity contribution in [1.82, 2.24) is 5.32 Å². The van der Waals surface area contributed by atoms with Gasteiger partial charge in [-0.1, -0.05) is 24.3 Å². The van der Waals surface area contributed by atoms with Gasteiger partial charge in [-0.05, 0) is 24.5 Å². The first kappa shape index (κ1) is 9.30. The molecule has 72 valence electrons. The van der Waals surface area contributed by atoms with E-state index in [1.807, 2.05) is 6.92 Å². The summed E-state index contributed by atoms with van der Waals surface area (Å²) in [4.78, 5) is 0. The van der Waals surface area contributed by atoms with Crippen LogP contribution >= 0.6 is 0 Å². The van der Waals surface area contributed by atoms with Gasteiger partial charge in [0.25, 0.3) is 0 Å². The van der Waals surface area contributed by atoms with Crippen molar-refractivity contribution in [3.8, 4) is 11.8 Å². The number of fused-ring (bicyclic) bond motifs is 1. The van der Waals surface area contributed by atoms with Crippen LogP contribution in [-0.2, 0) is 6.54 Å². The summed E-state index contributed by atoms with van der Waals surface area (Å²) < 4.78 is 0. The SMILES string of the molecule is CC#CCCC1NCc2ccccc21. The lowest BCUT2D eigenvalue weighted by atomic mass is 10.0. The highest BCUT2D eigenvalue weighted by Crippen LogP contribution is 2.27. The van der Waals surface area contributed by atoms with Gasteiger partial charge in [0.2, 0.25) is 0 Å². The van der Waals surface area contributed by atoms with Crippen LogP contribution in [0.2, 0.25) is 0 Å². The first-order valence-corrected chi connectivity index (χ1v) is 5.12. The molecule has 1 aromatic carbocycles. The molecule has 0 bridgehead atoms. The number of hydrogen-bond donors (Lipinski definition) is 1. The summed E-state index contributed by atoms with van der Waals surface area (Å²) in [6, 6.07) is 9.17. The number of benzene rings is 1. The van der Waals surface area contributed by atoms with Crippen LogP contribution in [0.1, 0.15) is 36.9 Å². The van der Waals surface area contributed by atoms with Gasteiger partial charge in [-0.15, -0.1) is 11.8 Å². The predicted octanol–water partition coefficient (Wildman–Crippen LogP) is 2.63. The van der Waals surface area contributed by atoms with E-state index < -0.39 is 0 Å². The highest BCUT2D eigenvalue weighted by molar-refractivity contribution is 5.33. The second-order valence-corrected chi connectivity index (χ2v) is 3.60. The van der Waals surface area contributed by atoms with Gasteiger partial charge in [0.15, 0.2) is 0 Å². The van der Waals surface area contributed by atoms with Gasteiger partial charge in [0, 0.05) is 19.0 Å². The molecular formula is C13H15N. The van der Waals surface area contributed by atoms with E-state index in [-0.39, 0.29) is 0 Å². The maximum absolute atomic E-state index is 3.51. The van der Waals surface area contributed by atoms with Gasteiger partial charge in [0.05, 0.1) is 0 Å². The number of nitrogens with one attached hydrogen (secondary N) is 1. The van der Waals surface area contributed by atoms with E-state index in [9.17, 15) is 0 Å². The summed E-state index contributed by atoms with van der Waals surface area (Å²) in [5, 5.41) is 3.51. The van der Waals surface area contributed by atoms with Crippen molar-refractivity contribution in [3.05, 3.63) is 35.4 Å². The molecular weight excluding hydrogens is 170 g/mol. The smallest absolute Gasteiger partial charge is 0.0335 e. The Balaban J connectivity index is 2.05. The van der Waals surface area contributed by atoms with E-state index in [2.05, 4.69) is 41.4 Å². The highest BCUT2D eigenvalue weighted by Gasteiger charge is 2.19. The fourth-order valence-electron chi connectivity index (χ4n) is 1.98. The van der Waals surface area contributed by atoms with Crippen LogP contribution in [0.15, 0.2) is 24.3 Å². The van der Waals surface area contributed by atoms with Gasteiger partial charge >= 0.3 is 0 Å². The zero-order chi connectivity index (χ0) is 9.80. The average Bonchev–Trinajstić information content (AvgIpc) is 2.63. The maximum Gasteiger partial charge on any atom is 0.0335 e. The van der Waals surface area contributed by atoms with Crippen LogP contribution in [0.25, 0.3) is 0 Å². The van der Waals surface area contributed by atoms with Crippen LogP contribution in [0.5, 0.6) is 0 Å². The minimum absolute atomic E-state index is 0.520. The second kappa shape index (κ2) is 4.30. The van der Waals surface area contributed by atoms with Gasteiger partial charge in [-0.2, -0.15) is 0 Å². The van der Waals surface area contributed by atoms with Crippen LogP contribution in [-0.4, -0.2) is 0 Å². The third-order valence-electron chi connectivity index (χ3n) is 2.70. The Labute approximate surface area is 85.5 Å². The molecule has 2 rings (SSSR count). The number of rotatable bonds is 2. The van der Waals surface area contributed by atoms with Gasteiger partial charge in [0.1, 0.15) is 0 Å². The van der Waals surface area contributed by atoms with E-state index in [0.29, 0.717) is 6.04 Å². The van der Waals surface area contributed by atoms with Gasteiger partial charge < -0.3 is 5.32 Å². The van der Waals surface area contributed by atoms with Crippen LogP contribution in [0.3, 0.4) is 0 Å². The van der Waals surface area contributed by atoms with Crippen LogP contribution < -0.4 is 5.32 Å². The molecule has 0 saturated heterocycles. The monoisotopic (exact) mass is 185 g/mol. The van der Waals surface area contributed by atoms with Crippen LogP contribution in [0, 0.1) is 11.8 Å². The summed E-state index contributed by atoms with van der Waals surface area (Å²) in [6.07, 6.45) is 2.11. The summed E-state index contributed by atoms with van der Waals surface area (Å²) >= 11 is 0. The maximum atomic E-state index is 3.51. The normalized spacial score (nSPS) is 18.5. The topological polar surface area (TPSA) is 12.0 Å². The Morgan fingerprint density at radius 1 is 1.43 bits per heavy atom. The molecule has 1 N–H and O–H groups in total. The first-order chi connectivity index (χ1) is 6.92. The fraction of sp³-hybridized carbons (Fsp3) is 0.385. The zero-order valence-electron chi connectivity index (χ0n) is 8.51. The van der Waals surface area contributed by atoms with E-state index in [1.165, 1.54) is 11.1 Å². The Kier molecular flexibility index (Phi) is 2.86. The molecule has 0 aromatic heterocycles. The Hall–Kier alpha value is -1.26. The van der Waals surface area contributed by atoms with Crippen molar-refractivity contribution in [3.63, 3.8) is 0 Å². The van der Waals surface area contributed by atoms with Crippen molar-refractivity contribution < 1.29 is 0 Å². The van der Waals surface area contributed by atoms with Crippen molar-refractivity contribution >= 4 is 0 Å². The molecule has 1 unspecified atom stereocenters. The molecule has 0 amide bonds. The quantitative estimate of drug-likeness (QED) is 0.698. The van der Waals surface area contributed by atoms with Crippen molar-refractivity contribution in [2.75, 3.05) is 0 Å². The van der Waals surface area contributed by atoms with Gasteiger partial charge in [-0.3, -0.25) is 0 Å². The average molecular weight is 185 g/mol. The standard InChI is InChI=1S/C13H15N/c1-2-3-4-9-13-12-8-6-5-7-11(12)10-14-13/h5-8,13-14H,4,9-10H2,1H3. The van der Waals surface area contributed by atoms with E-state index in [0.717, 1.165) is 19.4 Å². The van der Waals surface area contributed by atoms with Gasteiger partial charge in [-0.25, -0.2) is 0 Å². The van der Waals surface area contributed by atoms with Crippen molar-refractivity contribution in [1.29, 1.82) is 0 Å². The summed E-state index contributed by atoms with van der Waals surface area (Å²) in [6.45, 7) is 2.91. The van der Waals surface area contributed by atoms with E-state index >= 15 is 0 Å². The Morgan fingerprint density at radius 3 is 3.14 bits per heavy atom. The molecule has 0 saturated carbocycles. The molecule has 1 heteroatoms. The zero-order valence-corrected chi connectivity index (χ0v) is 8.51. The summed E-state index contributed by atoms with van der Waals surface area (Å²) in [7, 11) is 0. The molecule has 14 heavy (non-hydrogen) atoms. The molecule has 0 aliphatic carbocycles. The third-order valence-corrected chi connectivity index (χ3v) is 2.70. The Morgan fingerprint density at radius 2 is 2.29 bits per heavy atom. The first-order valence-electron chi connectivity index (χ1n) is 5.12. The van der Waals surface area contributed by atoms with Crippen molar-refractivity contribution in [2.24, 2.45) is 0 Å². The molecule has 1 heterocycles. The van der Waals surface area contributed by atoms with Crippen molar-refractivity contribution in [2.45, 2.75) is 32.4 Å². The largest absolute Gasteiger partial charge is 0.306 e. The molecule has 1 aliphatic rings. The molecule has 1 aliphatic heterocycles. The highest BCUT2D eigenvalue weighted by atomic mass is 14.9. The van der Waals surface area contributed by atoms with E-state index in [1.54, 1.807) is 0 Å². The summed E-state index contributed by atoms with van der Waals surface area (Å²) in [5.74, 6) is 6.05. The lowest BCUT2D eigenvalue weighted by molar-refractivity contribution is 0.550. The lowest BCUT2D eigenvalue weighted by Gasteiger charge is -2.09. The minimum Gasteiger partial charge on any atom is -0.306 e. The number of hydrogen-bond acceptors (Lipinski definition) is 1. The molecule has 0 radical (unpaired) electrons. The lowest BCUT2D eigenvalue weighted by Crippen LogP contribution is -2.11. The molecule has 0 spiro atoms.